The van der Waals surface area contributed by atoms with Crippen molar-refractivity contribution >= 4 is 10.8 Å². The van der Waals surface area contributed by atoms with Gasteiger partial charge in [-0.1, -0.05) is 24.3 Å². The van der Waals surface area contributed by atoms with Crippen molar-refractivity contribution in [2.75, 3.05) is 12.0 Å². The van der Waals surface area contributed by atoms with Gasteiger partial charge in [0.25, 0.3) is 0 Å². The lowest BCUT2D eigenvalue weighted by Crippen LogP contribution is -2.08. The van der Waals surface area contributed by atoms with E-state index >= 15 is 0 Å². The van der Waals surface area contributed by atoms with E-state index in [1.54, 1.807) is 6.26 Å². The molecule has 0 bridgehead atoms. The molecule has 3 heteroatoms. The molecule has 0 aliphatic carbocycles. The molecule has 1 aromatic rings. The van der Waals surface area contributed by atoms with Crippen LogP contribution in [0.4, 0.5) is 0 Å². The predicted octanol–water partition coefficient (Wildman–Crippen LogP) is 1.41. The predicted molar refractivity (Wildman–Crippen MR) is 55.1 cm³/mol. The maximum atomic E-state index is 10.9. The van der Waals surface area contributed by atoms with Gasteiger partial charge in [-0.2, -0.15) is 0 Å². The van der Waals surface area contributed by atoms with Gasteiger partial charge in [0, 0.05) is 17.1 Å². The lowest BCUT2D eigenvalue weighted by Gasteiger charge is -2.11. The minimum absolute atomic E-state index is 0.310. The molecule has 2 atom stereocenters. The van der Waals surface area contributed by atoms with Gasteiger partial charge in [0.1, 0.15) is 0 Å². The molecule has 1 aromatic carbocycles. The van der Waals surface area contributed by atoms with Crippen molar-refractivity contribution in [3.8, 4) is 0 Å². The minimum atomic E-state index is -0.954. The maximum absolute atomic E-state index is 10.9. The molecule has 0 radical (unpaired) electrons. The molecule has 0 saturated carbocycles. The highest BCUT2D eigenvalue weighted by molar-refractivity contribution is 7.84. The fourth-order valence-electron chi connectivity index (χ4n) is 1.27. The molecule has 1 N–H and O–H groups in total. The largest absolute Gasteiger partial charge is 0.387 e. The lowest BCUT2D eigenvalue weighted by atomic mass is 10.1. The van der Waals surface area contributed by atoms with Crippen LogP contribution in [0.1, 0.15) is 17.2 Å². The Labute approximate surface area is 81.1 Å². The summed E-state index contributed by atoms with van der Waals surface area (Å²) in [6.45, 7) is 1.94. The van der Waals surface area contributed by atoms with E-state index in [2.05, 4.69) is 0 Å². The van der Waals surface area contributed by atoms with Crippen molar-refractivity contribution in [3.05, 3.63) is 35.4 Å². The van der Waals surface area contributed by atoms with Crippen molar-refractivity contribution in [2.24, 2.45) is 0 Å². The monoisotopic (exact) mass is 198 g/mol. The molecule has 1 rings (SSSR count). The number of hydrogen-bond acceptors (Lipinski definition) is 2. The van der Waals surface area contributed by atoms with Crippen molar-refractivity contribution < 1.29 is 9.32 Å². The summed E-state index contributed by atoms with van der Waals surface area (Å²) in [7, 11) is -0.954. The van der Waals surface area contributed by atoms with Gasteiger partial charge in [0.15, 0.2) is 0 Å². The van der Waals surface area contributed by atoms with Crippen molar-refractivity contribution in [1.29, 1.82) is 0 Å². The molecular formula is C10H14O2S. The van der Waals surface area contributed by atoms with E-state index in [-0.39, 0.29) is 0 Å². The van der Waals surface area contributed by atoms with Crippen LogP contribution in [0.3, 0.4) is 0 Å². The van der Waals surface area contributed by atoms with Crippen LogP contribution in [0.15, 0.2) is 24.3 Å². The molecule has 72 valence electrons. The summed E-state index contributed by atoms with van der Waals surface area (Å²) < 4.78 is 10.9. The standard InChI is InChI=1S/C10H14O2S/c1-8-5-3-4-6-9(8)10(11)7-13(2)12/h3-6,10-11H,7H2,1-2H3. The van der Waals surface area contributed by atoms with E-state index < -0.39 is 16.9 Å². The Kier molecular flexibility index (Phi) is 3.63. The van der Waals surface area contributed by atoms with Crippen LogP contribution in [0.2, 0.25) is 0 Å². The number of hydrogen-bond donors (Lipinski definition) is 1. The van der Waals surface area contributed by atoms with Crippen LogP contribution in [0, 0.1) is 6.92 Å². The number of aliphatic hydroxyl groups excluding tert-OH is 1. The first-order valence-corrected chi connectivity index (χ1v) is 5.87. The lowest BCUT2D eigenvalue weighted by molar-refractivity contribution is 0.202. The van der Waals surface area contributed by atoms with Crippen LogP contribution in [0.5, 0.6) is 0 Å². The van der Waals surface area contributed by atoms with Crippen molar-refractivity contribution in [1.82, 2.24) is 0 Å². The summed E-state index contributed by atoms with van der Waals surface area (Å²) in [4.78, 5) is 0. The smallest absolute Gasteiger partial charge is 0.0907 e. The number of aliphatic hydroxyl groups is 1. The third-order valence-electron chi connectivity index (χ3n) is 1.94. The molecule has 0 spiro atoms. The Morgan fingerprint density at radius 1 is 1.46 bits per heavy atom. The van der Waals surface area contributed by atoms with Gasteiger partial charge in [-0.05, 0) is 18.1 Å². The maximum Gasteiger partial charge on any atom is 0.0907 e. The highest BCUT2D eigenvalue weighted by Crippen LogP contribution is 2.17. The summed E-state index contributed by atoms with van der Waals surface area (Å²) in [5.41, 5.74) is 1.91. The second kappa shape index (κ2) is 4.53. The zero-order valence-electron chi connectivity index (χ0n) is 7.86. The van der Waals surface area contributed by atoms with Gasteiger partial charge >= 0.3 is 0 Å². The zero-order chi connectivity index (χ0) is 9.84. The highest BCUT2D eigenvalue weighted by atomic mass is 32.2. The van der Waals surface area contributed by atoms with Crippen LogP contribution >= 0.6 is 0 Å². The van der Waals surface area contributed by atoms with Crippen molar-refractivity contribution in [2.45, 2.75) is 13.0 Å². The highest BCUT2D eigenvalue weighted by Gasteiger charge is 2.10. The number of rotatable bonds is 3. The van der Waals surface area contributed by atoms with Gasteiger partial charge in [0.2, 0.25) is 0 Å². The summed E-state index contributed by atoms with van der Waals surface area (Å²) in [5.74, 6) is 0.310. The van der Waals surface area contributed by atoms with Crippen LogP contribution in [-0.2, 0) is 10.8 Å². The Bertz CT molecular complexity index is 310. The molecule has 0 saturated heterocycles. The SMILES string of the molecule is Cc1ccccc1C(O)CS(C)=O. The van der Waals surface area contributed by atoms with E-state index in [1.807, 2.05) is 31.2 Å². The van der Waals surface area contributed by atoms with E-state index in [1.165, 1.54) is 0 Å². The second-order valence-electron chi connectivity index (χ2n) is 3.11. The van der Waals surface area contributed by atoms with E-state index in [0.717, 1.165) is 11.1 Å². The molecule has 0 amide bonds. The Balaban J connectivity index is 2.82. The third-order valence-corrected chi connectivity index (χ3v) is 2.73. The molecule has 0 fully saturated rings. The topological polar surface area (TPSA) is 37.3 Å². The summed E-state index contributed by atoms with van der Waals surface area (Å²) in [6.07, 6.45) is 0.994. The molecule has 13 heavy (non-hydrogen) atoms. The number of aryl methyl sites for hydroxylation is 1. The Morgan fingerprint density at radius 2 is 2.08 bits per heavy atom. The molecule has 2 unspecified atom stereocenters. The van der Waals surface area contributed by atoms with Crippen LogP contribution in [-0.4, -0.2) is 21.3 Å². The fourth-order valence-corrected chi connectivity index (χ4v) is 1.90. The first-order chi connectivity index (χ1) is 6.11. The van der Waals surface area contributed by atoms with Gasteiger partial charge in [-0.25, -0.2) is 0 Å². The van der Waals surface area contributed by atoms with Gasteiger partial charge in [-0.15, -0.1) is 0 Å². The van der Waals surface area contributed by atoms with Crippen LogP contribution in [0.25, 0.3) is 0 Å². The average Bonchev–Trinajstić information content (AvgIpc) is 2.03. The summed E-state index contributed by atoms with van der Waals surface area (Å²) in [5, 5.41) is 9.68. The van der Waals surface area contributed by atoms with E-state index in [9.17, 15) is 9.32 Å². The van der Waals surface area contributed by atoms with E-state index in [4.69, 9.17) is 0 Å². The van der Waals surface area contributed by atoms with Gasteiger partial charge in [0.05, 0.1) is 11.9 Å². The number of benzene rings is 1. The zero-order valence-corrected chi connectivity index (χ0v) is 8.67. The minimum Gasteiger partial charge on any atom is -0.387 e. The van der Waals surface area contributed by atoms with E-state index in [0.29, 0.717) is 5.75 Å². The Hall–Kier alpha value is -0.670. The van der Waals surface area contributed by atoms with Crippen LogP contribution < -0.4 is 0 Å². The van der Waals surface area contributed by atoms with Crippen molar-refractivity contribution in [3.63, 3.8) is 0 Å². The summed E-state index contributed by atoms with van der Waals surface area (Å²) in [6, 6.07) is 7.61. The third kappa shape index (κ3) is 2.94. The molecule has 2 nitrogen and oxygen atoms in total. The average molecular weight is 198 g/mol. The second-order valence-corrected chi connectivity index (χ2v) is 4.59. The summed E-state index contributed by atoms with van der Waals surface area (Å²) >= 11 is 0. The molecule has 0 aliphatic rings. The fraction of sp³-hybridized carbons (Fsp3) is 0.400. The van der Waals surface area contributed by atoms with Gasteiger partial charge < -0.3 is 5.11 Å². The normalized spacial score (nSPS) is 15.3. The Morgan fingerprint density at radius 3 is 2.62 bits per heavy atom. The van der Waals surface area contributed by atoms with Gasteiger partial charge in [-0.3, -0.25) is 4.21 Å². The molecule has 0 aliphatic heterocycles. The first-order valence-electron chi connectivity index (χ1n) is 4.15. The first kappa shape index (κ1) is 10.4. The molecular weight excluding hydrogens is 184 g/mol. The molecule has 0 aromatic heterocycles. The quantitative estimate of drug-likeness (QED) is 0.797. The molecule has 0 heterocycles.